The number of hydrogen-bond acceptors (Lipinski definition) is 4. The van der Waals surface area contributed by atoms with E-state index in [9.17, 15) is 0 Å². The summed E-state index contributed by atoms with van der Waals surface area (Å²) in [6, 6.07) is 12.1. The summed E-state index contributed by atoms with van der Waals surface area (Å²) in [6.07, 6.45) is 2.09. The molecule has 0 saturated heterocycles. The molecule has 2 heterocycles. The van der Waals surface area contributed by atoms with E-state index in [0.29, 0.717) is 11.7 Å². The van der Waals surface area contributed by atoms with Crippen molar-refractivity contribution in [3.63, 3.8) is 0 Å². The fourth-order valence-electron chi connectivity index (χ4n) is 2.33. The lowest BCUT2D eigenvalue weighted by Crippen LogP contribution is -2.06. The van der Waals surface area contributed by atoms with Crippen LogP contribution < -0.4 is 5.32 Å². The highest BCUT2D eigenvalue weighted by atomic mass is 16.5. The molecule has 0 aliphatic rings. The lowest BCUT2D eigenvalue weighted by atomic mass is 10.1. The minimum Gasteiger partial charge on any atom is -0.379 e. The molecule has 0 spiro atoms. The zero-order valence-electron chi connectivity index (χ0n) is 12.2. The molecule has 0 atom stereocenters. The molecule has 0 saturated carbocycles. The molecule has 0 fully saturated rings. The molecule has 3 aromatic rings. The number of aryl methyl sites for hydroxylation is 2. The third-order valence-electron chi connectivity index (χ3n) is 3.41. The number of anilines is 1. The summed E-state index contributed by atoms with van der Waals surface area (Å²) in [6.45, 7) is 5.68. The first-order valence-electron chi connectivity index (χ1n) is 7.05. The highest BCUT2D eigenvalue weighted by molar-refractivity contribution is 5.72. The summed E-state index contributed by atoms with van der Waals surface area (Å²) in [5, 5.41) is 7.30. The number of benzene rings is 1. The van der Waals surface area contributed by atoms with Gasteiger partial charge in [0.15, 0.2) is 5.82 Å². The monoisotopic (exact) mass is 282 g/mol. The Balaban J connectivity index is 1.83. The van der Waals surface area contributed by atoms with Crippen LogP contribution in [0.25, 0.3) is 11.5 Å². The van der Waals surface area contributed by atoms with Crippen molar-refractivity contribution in [1.29, 1.82) is 0 Å². The lowest BCUT2D eigenvalue weighted by molar-refractivity contribution is 0.426. The number of nitrogens with one attached hydrogen (secondary N) is 1. The van der Waals surface area contributed by atoms with Crippen molar-refractivity contribution >= 4 is 5.69 Å². The predicted molar refractivity (Wildman–Crippen MR) is 81.9 cm³/mol. The zero-order valence-corrected chi connectivity index (χ0v) is 12.2. The molecule has 3 rings (SSSR count). The molecule has 0 aliphatic carbocycles. The first kappa shape index (κ1) is 13.4. The summed E-state index contributed by atoms with van der Waals surface area (Å²) in [5.74, 6) is 1.18. The van der Waals surface area contributed by atoms with E-state index in [-0.39, 0.29) is 0 Å². The fourth-order valence-corrected chi connectivity index (χ4v) is 2.33. The van der Waals surface area contributed by atoms with Crippen LogP contribution in [0.2, 0.25) is 0 Å². The molecule has 21 heavy (non-hydrogen) atoms. The molecular weight excluding hydrogens is 264 g/mol. The fraction of sp³-hybridized carbons (Fsp3) is 0.250. The Hall–Kier alpha value is -2.56. The zero-order chi connectivity index (χ0) is 14.7. The van der Waals surface area contributed by atoms with Crippen LogP contribution in [0.3, 0.4) is 0 Å². The van der Waals surface area contributed by atoms with Crippen molar-refractivity contribution in [2.45, 2.75) is 26.9 Å². The Labute approximate surface area is 123 Å². The maximum Gasteiger partial charge on any atom is 0.260 e. The van der Waals surface area contributed by atoms with Gasteiger partial charge in [0.25, 0.3) is 5.89 Å². The molecule has 0 bridgehead atoms. The van der Waals surface area contributed by atoms with Gasteiger partial charge in [0, 0.05) is 24.1 Å². The topological polar surface area (TPSA) is 55.9 Å². The van der Waals surface area contributed by atoms with Crippen molar-refractivity contribution in [2.75, 3.05) is 5.32 Å². The Morgan fingerprint density at radius 1 is 1.19 bits per heavy atom. The number of aromatic nitrogens is 3. The lowest BCUT2D eigenvalue weighted by Gasteiger charge is -2.11. The third-order valence-corrected chi connectivity index (χ3v) is 3.41. The number of rotatable bonds is 5. The Bertz CT molecular complexity index is 729. The first-order valence-corrected chi connectivity index (χ1v) is 7.05. The van der Waals surface area contributed by atoms with Gasteiger partial charge in [-0.3, -0.25) is 0 Å². The maximum atomic E-state index is 5.27. The minimum atomic E-state index is 0.543. The van der Waals surface area contributed by atoms with Gasteiger partial charge in [-0.15, -0.1) is 0 Å². The summed E-state index contributed by atoms with van der Waals surface area (Å²) < 4.78 is 7.48. The van der Waals surface area contributed by atoms with Crippen molar-refractivity contribution in [1.82, 2.24) is 14.7 Å². The van der Waals surface area contributed by atoms with Crippen LogP contribution in [0.4, 0.5) is 5.69 Å². The number of para-hydroxylation sites is 1. The number of hydrogen-bond donors (Lipinski definition) is 1. The van der Waals surface area contributed by atoms with Crippen LogP contribution in [-0.4, -0.2) is 14.7 Å². The molecule has 2 aromatic heterocycles. The normalized spacial score (nSPS) is 10.8. The standard InChI is InChI=1S/C16H18N4O/c1-3-20-10-6-7-13(20)11-17-15-9-5-4-8-14(15)16-18-12(2)19-21-16/h4-10,17H,3,11H2,1-2H3. The first-order chi connectivity index (χ1) is 10.3. The summed E-state index contributed by atoms with van der Waals surface area (Å²) in [4.78, 5) is 4.30. The Morgan fingerprint density at radius 2 is 2.05 bits per heavy atom. The van der Waals surface area contributed by atoms with E-state index in [1.807, 2.05) is 31.2 Å². The summed E-state index contributed by atoms with van der Waals surface area (Å²) in [7, 11) is 0. The van der Waals surface area contributed by atoms with Gasteiger partial charge in [-0.25, -0.2) is 0 Å². The van der Waals surface area contributed by atoms with E-state index in [1.54, 1.807) is 0 Å². The second-order valence-electron chi connectivity index (χ2n) is 4.83. The van der Waals surface area contributed by atoms with E-state index in [2.05, 4.69) is 45.3 Å². The van der Waals surface area contributed by atoms with Gasteiger partial charge in [-0.05, 0) is 38.1 Å². The van der Waals surface area contributed by atoms with Gasteiger partial charge in [0.1, 0.15) is 0 Å². The summed E-state index contributed by atoms with van der Waals surface area (Å²) in [5.41, 5.74) is 3.16. The third kappa shape index (κ3) is 2.81. The highest BCUT2D eigenvalue weighted by Gasteiger charge is 2.11. The Morgan fingerprint density at radius 3 is 2.81 bits per heavy atom. The second-order valence-corrected chi connectivity index (χ2v) is 4.83. The van der Waals surface area contributed by atoms with Crippen molar-refractivity contribution in [2.24, 2.45) is 0 Å². The van der Waals surface area contributed by atoms with E-state index >= 15 is 0 Å². The van der Waals surface area contributed by atoms with Crippen molar-refractivity contribution in [3.05, 3.63) is 54.1 Å². The number of nitrogens with zero attached hydrogens (tertiary/aromatic N) is 3. The van der Waals surface area contributed by atoms with Crippen molar-refractivity contribution in [3.8, 4) is 11.5 Å². The van der Waals surface area contributed by atoms with Crippen LogP contribution in [0.15, 0.2) is 47.1 Å². The molecule has 108 valence electrons. The molecule has 0 unspecified atom stereocenters. The Kier molecular flexibility index (Phi) is 3.73. The average Bonchev–Trinajstić information content (AvgIpc) is 3.13. The van der Waals surface area contributed by atoms with E-state index in [1.165, 1.54) is 5.69 Å². The smallest absolute Gasteiger partial charge is 0.260 e. The van der Waals surface area contributed by atoms with Gasteiger partial charge in [-0.2, -0.15) is 4.98 Å². The molecule has 0 aliphatic heterocycles. The van der Waals surface area contributed by atoms with Crippen LogP contribution in [-0.2, 0) is 13.1 Å². The van der Waals surface area contributed by atoms with E-state index in [0.717, 1.165) is 24.3 Å². The van der Waals surface area contributed by atoms with Crippen LogP contribution in [0.5, 0.6) is 0 Å². The SMILES string of the molecule is CCn1cccc1CNc1ccccc1-c1nc(C)no1. The predicted octanol–water partition coefficient (Wildman–Crippen LogP) is 3.48. The van der Waals surface area contributed by atoms with Gasteiger partial charge in [-0.1, -0.05) is 17.3 Å². The van der Waals surface area contributed by atoms with Gasteiger partial charge < -0.3 is 14.4 Å². The van der Waals surface area contributed by atoms with E-state index in [4.69, 9.17) is 4.52 Å². The van der Waals surface area contributed by atoms with Crippen LogP contribution in [0.1, 0.15) is 18.4 Å². The molecule has 0 amide bonds. The quantitative estimate of drug-likeness (QED) is 0.778. The van der Waals surface area contributed by atoms with E-state index < -0.39 is 0 Å². The molecule has 1 N–H and O–H groups in total. The highest BCUT2D eigenvalue weighted by Crippen LogP contribution is 2.26. The van der Waals surface area contributed by atoms with Crippen molar-refractivity contribution < 1.29 is 4.52 Å². The largest absolute Gasteiger partial charge is 0.379 e. The van der Waals surface area contributed by atoms with Crippen LogP contribution >= 0.6 is 0 Å². The van der Waals surface area contributed by atoms with Gasteiger partial charge >= 0.3 is 0 Å². The average molecular weight is 282 g/mol. The molecule has 1 aromatic carbocycles. The maximum absolute atomic E-state index is 5.27. The summed E-state index contributed by atoms with van der Waals surface area (Å²) >= 11 is 0. The molecule has 0 radical (unpaired) electrons. The molecular formula is C16H18N4O. The van der Waals surface area contributed by atoms with Gasteiger partial charge in [0.05, 0.1) is 12.1 Å². The molecule has 5 heteroatoms. The molecule has 5 nitrogen and oxygen atoms in total. The van der Waals surface area contributed by atoms with Crippen LogP contribution in [0, 0.1) is 6.92 Å². The second kappa shape index (κ2) is 5.83. The van der Waals surface area contributed by atoms with Gasteiger partial charge in [0.2, 0.25) is 0 Å². The minimum absolute atomic E-state index is 0.543.